The van der Waals surface area contributed by atoms with Gasteiger partial charge < -0.3 is 9.47 Å². The molecule has 8 heteroatoms. The molecule has 0 bridgehead atoms. The Balaban J connectivity index is 2.14. The van der Waals surface area contributed by atoms with Gasteiger partial charge in [-0.15, -0.1) is 0 Å². The van der Waals surface area contributed by atoms with Gasteiger partial charge in [0.05, 0.1) is 30.9 Å². The number of carbonyl (C=O) groups excluding carboxylic acids is 2. The highest BCUT2D eigenvalue weighted by atomic mass is 19.4. The van der Waals surface area contributed by atoms with E-state index in [0.29, 0.717) is 11.3 Å². The smallest absolute Gasteiger partial charge is 0.416 e. The van der Waals surface area contributed by atoms with Crippen molar-refractivity contribution in [1.29, 1.82) is 0 Å². The zero-order chi connectivity index (χ0) is 22.1. The number of carbonyl (C=O) groups is 2. The third-order valence-corrected chi connectivity index (χ3v) is 4.63. The molecule has 0 unspecified atom stereocenters. The molecular formula is C22H18F3NO4. The van der Waals surface area contributed by atoms with Crippen LogP contribution in [0, 0.1) is 0 Å². The number of hydrogen-bond acceptors (Lipinski definition) is 4. The number of allylic oxidation sites excluding steroid dienone is 1. The summed E-state index contributed by atoms with van der Waals surface area (Å²) in [6, 6.07) is 11.2. The van der Waals surface area contributed by atoms with E-state index < -0.39 is 23.6 Å². The number of anilines is 1. The lowest BCUT2D eigenvalue weighted by Crippen LogP contribution is -2.24. The molecule has 0 N–H and O–H groups in total. The quantitative estimate of drug-likeness (QED) is 0.539. The molecular weight excluding hydrogens is 399 g/mol. The van der Waals surface area contributed by atoms with Crippen LogP contribution in [-0.4, -0.2) is 26.1 Å². The number of nitrogens with zero attached hydrogens (tertiary/aromatic N) is 1. The van der Waals surface area contributed by atoms with E-state index in [-0.39, 0.29) is 22.5 Å². The largest absolute Gasteiger partial charge is 0.497 e. The summed E-state index contributed by atoms with van der Waals surface area (Å²) in [5, 5.41) is 0. The molecule has 0 aliphatic carbocycles. The number of hydrogen-bond donors (Lipinski definition) is 0. The van der Waals surface area contributed by atoms with E-state index in [9.17, 15) is 22.8 Å². The Morgan fingerprint density at radius 1 is 1.07 bits per heavy atom. The third-order valence-electron chi connectivity index (χ3n) is 4.63. The summed E-state index contributed by atoms with van der Waals surface area (Å²) in [7, 11) is 2.66. The molecule has 1 aliphatic heterocycles. The standard InChI is InChI=1S/C22H18F3NO4/c1-13-19(21(28)30-3)18(11-14-6-4-9-17(10-14)29-2)20(27)26(13)16-8-5-7-15(12-16)22(23,24)25/h4-12H,1-3H3/b18-11-. The van der Waals surface area contributed by atoms with E-state index in [1.165, 1.54) is 39.4 Å². The molecule has 1 heterocycles. The van der Waals surface area contributed by atoms with E-state index in [0.717, 1.165) is 17.0 Å². The monoisotopic (exact) mass is 417 g/mol. The summed E-state index contributed by atoms with van der Waals surface area (Å²) in [6.45, 7) is 1.48. The number of ether oxygens (including phenoxy) is 2. The Labute approximate surface area is 171 Å². The maximum absolute atomic E-state index is 13.2. The Hall–Kier alpha value is -3.55. The molecule has 0 radical (unpaired) electrons. The molecule has 1 amide bonds. The number of alkyl halides is 3. The van der Waals surface area contributed by atoms with Crippen LogP contribution >= 0.6 is 0 Å². The van der Waals surface area contributed by atoms with Crippen LogP contribution in [0.5, 0.6) is 5.75 Å². The highest BCUT2D eigenvalue weighted by molar-refractivity contribution is 6.23. The molecule has 1 aliphatic rings. The van der Waals surface area contributed by atoms with Gasteiger partial charge in [-0.05, 0) is 48.9 Å². The van der Waals surface area contributed by atoms with Gasteiger partial charge in [-0.3, -0.25) is 9.69 Å². The zero-order valence-electron chi connectivity index (χ0n) is 16.4. The average molecular weight is 417 g/mol. The first-order valence-corrected chi connectivity index (χ1v) is 8.84. The Morgan fingerprint density at radius 2 is 1.77 bits per heavy atom. The molecule has 5 nitrogen and oxygen atoms in total. The summed E-state index contributed by atoms with van der Waals surface area (Å²) in [6.07, 6.45) is -3.09. The number of esters is 1. The highest BCUT2D eigenvalue weighted by Gasteiger charge is 2.39. The Bertz CT molecular complexity index is 1070. The van der Waals surface area contributed by atoms with E-state index in [1.807, 2.05) is 0 Å². The van der Waals surface area contributed by atoms with Crippen LogP contribution in [0.4, 0.5) is 18.9 Å². The average Bonchev–Trinajstić information content (AvgIpc) is 2.96. The second-order valence-corrected chi connectivity index (χ2v) is 6.48. The van der Waals surface area contributed by atoms with Crippen LogP contribution in [0.1, 0.15) is 18.1 Å². The SMILES string of the molecule is COC(=O)C1=C(C)N(c2cccc(C(F)(F)F)c2)C(=O)/C1=C\c1cccc(OC)c1. The second-order valence-electron chi connectivity index (χ2n) is 6.48. The lowest BCUT2D eigenvalue weighted by Gasteiger charge is -2.19. The molecule has 0 spiro atoms. The van der Waals surface area contributed by atoms with Crippen LogP contribution < -0.4 is 9.64 Å². The van der Waals surface area contributed by atoms with Gasteiger partial charge in [-0.1, -0.05) is 18.2 Å². The highest BCUT2D eigenvalue weighted by Crippen LogP contribution is 2.38. The molecule has 3 rings (SSSR count). The van der Waals surface area contributed by atoms with Gasteiger partial charge in [-0.2, -0.15) is 13.2 Å². The summed E-state index contributed by atoms with van der Waals surface area (Å²) in [5.74, 6) is -0.843. The van der Waals surface area contributed by atoms with Gasteiger partial charge in [0, 0.05) is 11.4 Å². The van der Waals surface area contributed by atoms with Gasteiger partial charge in [0.15, 0.2) is 0 Å². The fourth-order valence-electron chi connectivity index (χ4n) is 3.21. The van der Waals surface area contributed by atoms with Crippen LogP contribution in [0.2, 0.25) is 0 Å². The molecule has 2 aromatic rings. The van der Waals surface area contributed by atoms with Crippen molar-refractivity contribution in [2.24, 2.45) is 0 Å². The van der Waals surface area contributed by atoms with E-state index in [1.54, 1.807) is 24.3 Å². The van der Waals surface area contributed by atoms with Crippen molar-refractivity contribution in [3.05, 3.63) is 76.5 Å². The zero-order valence-corrected chi connectivity index (χ0v) is 16.4. The van der Waals surface area contributed by atoms with Crippen LogP contribution in [0.3, 0.4) is 0 Å². The minimum Gasteiger partial charge on any atom is -0.497 e. The normalized spacial score (nSPS) is 15.7. The van der Waals surface area contributed by atoms with Crippen LogP contribution in [0.25, 0.3) is 6.08 Å². The third kappa shape index (κ3) is 3.94. The maximum Gasteiger partial charge on any atom is 0.416 e. The van der Waals surface area contributed by atoms with Gasteiger partial charge in [-0.25, -0.2) is 4.79 Å². The predicted octanol–water partition coefficient (Wildman–Crippen LogP) is 4.59. The molecule has 156 valence electrons. The van der Waals surface area contributed by atoms with Gasteiger partial charge >= 0.3 is 12.1 Å². The number of amides is 1. The molecule has 0 atom stereocenters. The van der Waals surface area contributed by atoms with Crippen molar-refractivity contribution in [2.45, 2.75) is 13.1 Å². The topological polar surface area (TPSA) is 55.8 Å². The van der Waals surface area contributed by atoms with Gasteiger partial charge in [0.2, 0.25) is 0 Å². The molecule has 0 saturated carbocycles. The molecule has 2 aromatic carbocycles. The van der Waals surface area contributed by atoms with Crippen molar-refractivity contribution >= 4 is 23.6 Å². The van der Waals surface area contributed by atoms with Crippen molar-refractivity contribution < 1.29 is 32.2 Å². The molecule has 0 fully saturated rings. The van der Waals surface area contributed by atoms with Crippen molar-refractivity contribution in [3.63, 3.8) is 0 Å². The number of rotatable bonds is 4. The van der Waals surface area contributed by atoms with Crippen molar-refractivity contribution in [2.75, 3.05) is 19.1 Å². The number of methoxy groups -OCH3 is 2. The summed E-state index contributed by atoms with van der Waals surface area (Å²) in [4.78, 5) is 26.6. The lowest BCUT2D eigenvalue weighted by atomic mass is 10.0. The van der Waals surface area contributed by atoms with Gasteiger partial charge in [0.25, 0.3) is 5.91 Å². The minimum atomic E-state index is -4.57. The van der Waals surface area contributed by atoms with Gasteiger partial charge in [0.1, 0.15) is 5.75 Å². The van der Waals surface area contributed by atoms with E-state index in [4.69, 9.17) is 9.47 Å². The summed E-state index contributed by atoms with van der Waals surface area (Å²) < 4.78 is 49.4. The molecule has 0 saturated heterocycles. The van der Waals surface area contributed by atoms with Crippen LogP contribution in [0.15, 0.2) is 65.4 Å². The number of halogens is 3. The van der Waals surface area contributed by atoms with Crippen molar-refractivity contribution in [1.82, 2.24) is 0 Å². The van der Waals surface area contributed by atoms with E-state index in [2.05, 4.69) is 0 Å². The maximum atomic E-state index is 13.2. The van der Waals surface area contributed by atoms with E-state index >= 15 is 0 Å². The molecule has 0 aromatic heterocycles. The summed E-state index contributed by atoms with van der Waals surface area (Å²) >= 11 is 0. The van der Waals surface area contributed by atoms with Crippen molar-refractivity contribution in [3.8, 4) is 5.75 Å². The minimum absolute atomic E-state index is 0.00257. The summed E-state index contributed by atoms with van der Waals surface area (Å²) in [5.41, 5.74) is -0.126. The Kier molecular flexibility index (Phi) is 5.69. The predicted molar refractivity (Wildman–Crippen MR) is 105 cm³/mol. The Morgan fingerprint density at radius 3 is 2.40 bits per heavy atom. The molecule has 30 heavy (non-hydrogen) atoms. The fourth-order valence-corrected chi connectivity index (χ4v) is 3.21. The first-order chi connectivity index (χ1) is 14.2. The second kappa shape index (κ2) is 8.06. The lowest BCUT2D eigenvalue weighted by molar-refractivity contribution is -0.137. The first-order valence-electron chi connectivity index (χ1n) is 8.84. The number of benzene rings is 2. The fraction of sp³-hybridized carbons (Fsp3) is 0.182. The first kappa shape index (κ1) is 21.2. The van der Waals surface area contributed by atoms with Crippen LogP contribution in [-0.2, 0) is 20.5 Å².